The number of aromatic nitrogens is 2. The average Bonchev–Trinajstić information content (AvgIpc) is 2.35. The Morgan fingerprint density at radius 3 is 2.53 bits per heavy atom. The molecule has 0 unspecified atom stereocenters. The fourth-order valence-electron chi connectivity index (χ4n) is 1.97. The van der Waals surface area contributed by atoms with Crippen LogP contribution in [0.25, 0.3) is 11.4 Å². The zero-order chi connectivity index (χ0) is 14.0. The molecule has 3 nitrogen and oxygen atoms in total. The van der Waals surface area contributed by atoms with E-state index in [-0.39, 0.29) is 0 Å². The van der Waals surface area contributed by atoms with Crippen LogP contribution in [0, 0.1) is 20.8 Å². The summed E-state index contributed by atoms with van der Waals surface area (Å²) in [6, 6.07) is 6.16. The highest BCUT2D eigenvalue weighted by Crippen LogP contribution is 2.26. The first kappa shape index (κ1) is 14.0. The molecule has 0 saturated heterocycles. The molecule has 0 aliphatic heterocycles. The van der Waals surface area contributed by atoms with E-state index in [4.69, 9.17) is 0 Å². The number of hydrogen-bond acceptors (Lipinski definition) is 3. The third kappa shape index (κ3) is 2.95. The van der Waals surface area contributed by atoms with Crippen LogP contribution in [0.2, 0.25) is 0 Å². The Morgan fingerprint density at radius 1 is 1.16 bits per heavy atom. The third-order valence-electron chi connectivity index (χ3n) is 3.16. The van der Waals surface area contributed by atoms with Gasteiger partial charge in [-0.25, -0.2) is 9.97 Å². The van der Waals surface area contributed by atoms with Gasteiger partial charge in [-0.3, -0.25) is 0 Å². The Kier molecular flexibility index (Phi) is 4.20. The summed E-state index contributed by atoms with van der Waals surface area (Å²) in [6.07, 6.45) is 0. The fourth-order valence-corrected chi connectivity index (χ4v) is 2.44. The highest BCUT2D eigenvalue weighted by Gasteiger charge is 2.11. The summed E-state index contributed by atoms with van der Waals surface area (Å²) in [7, 11) is 0. The van der Waals surface area contributed by atoms with Gasteiger partial charge in [0.15, 0.2) is 5.82 Å². The van der Waals surface area contributed by atoms with E-state index in [2.05, 4.69) is 57.2 Å². The molecular weight excluding hydrogens is 302 g/mol. The van der Waals surface area contributed by atoms with Crippen LogP contribution in [0.5, 0.6) is 0 Å². The van der Waals surface area contributed by atoms with Crippen molar-refractivity contribution in [3.8, 4) is 11.4 Å². The molecule has 4 heteroatoms. The molecule has 1 aromatic heterocycles. The Hall–Kier alpha value is -1.42. The monoisotopic (exact) mass is 319 g/mol. The van der Waals surface area contributed by atoms with Gasteiger partial charge < -0.3 is 5.32 Å². The Labute approximate surface area is 122 Å². The molecule has 0 fully saturated rings. The second-order valence-electron chi connectivity index (χ2n) is 4.60. The number of anilines is 1. The van der Waals surface area contributed by atoms with Crippen molar-refractivity contribution in [2.45, 2.75) is 27.7 Å². The molecule has 1 heterocycles. The normalized spacial score (nSPS) is 10.6. The van der Waals surface area contributed by atoms with Gasteiger partial charge in [-0.1, -0.05) is 15.9 Å². The first-order chi connectivity index (χ1) is 9.02. The molecule has 0 aliphatic rings. The van der Waals surface area contributed by atoms with E-state index in [0.717, 1.165) is 39.5 Å². The second-order valence-corrected chi connectivity index (χ2v) is 5.51. The SMILES string of the molecule is CCNc1nc(-c2ccc(Br)cc2C)nc(C)c1C. The molecule has 0 radical (unpaired) electrons. The molecule has 1 N–H and O–H groups in total. The lowest BCUT2D eigenvalue weighted by Crippen LogP contribution is -2.06. The van der Waals surface area contributed by atoms with Crippen molar-refractivity contribution in [2.24, 2.45) is 0 Å². The molecule has 100 valence electrons. The van der Waals surface area contributed by atoms with E-state index >= 15 is 0 Å². The molecular formula is C15H18BrN3. The van der Waals surface area contributed by atoms with Crippen molar-refractivity contribution in [3.05, 3.63) is 39.5 Å². The zero-order valence-corrected chi connectivity index (χ0v) is 13.3. The minimum absolute atomic E-state index is 0.782. The van der Waals surface area contributed by atoms with Gasteiger partial charge >= 0.3 is 0 Å². The predicted octanol–water partition coefficient (Wildman–Crippen LogP) is 4.26. The number of nitrogens with one attached hydrogen (secondary N) is 1. The van der Waals surface area contributed by atoms with E-state index in [0.29, 0.717) is 0 Å². The number of rotatable bonds is 3. The molecule has 0 atom stereocenters. The lowest BCUT2D eigenvalue weighted by Gasteiger charge is -2.12. The number of benzene rings is 1. The number of hydrogen-bond donors (Lipinski definition) is 1. The van der Waals surface area contributed by atoms with Crippen LogP contribution >= 0.6 is 15.9 Å². The van der Waals surface area contributed by atoms with E-state index in [9.17, 15) is 0 Å². The lowest BCUT2D eigenvalue weighted by molar-refractivity contribution is 1.04. The third-order valence-corrected chi connectivity index (χ3v) is 3.66. The first-order valence-electron chi connectivity index (χ1n) is 6.38. The molecule has 0 saturated carbocycles. The van der Waals surface area contributed by atoms with Gasteiger partial charge in [0, 0.05) is 27.8 Å². The van der Waals surface area contributed by atoms with Crippen molar-refractivity contribution in [3.63, 3.8) is 0 Å². The van der Waals surface area contributed by atoms with Crippen molar-refractivity contribution < 1.29 is 0 Å². The summed E-state index contributed by atoms with van der Waals surface area (Å²) in [5, 5.41) is 3.30. The predicted molar refractivity (Wildman–Crippen MR) is 83.5 cm³/mol. The standard InChI is InChI=1S/C15H18BrN3/c1-5-17-14-10(3)11(4)18-15(19-14)13-7-6-12(16)8-9(13)2/h6-8H,5H2,1-4H3,(H,17,18,19). The highest BCUT2D eigenvalue weighted by molar-refractivity contribution is 9.10. The summed E-state index contributed by atoms with van der Waals surface area (Å²) in [5.74, 6) is 1.70. The summed E-state index contributed by atoms with van der Waals surface area (Å²) in [4.78, 5) is 9.26. The van der Waals surface area contributed by atoms with Crippen molar-refractivity contribution in [2.75, 3.05) is 11.9 Å². The van der Waals surface area contributed by atoms with Gasteiger partial charge in [0.2, 0.25) is 0 Å². The van der Waals surface area contributed by atoms with Gasteiger partial charge in [-0.2, -0.15) is 0 Å². The van der Waals surface area contributed by atoms with Gasteiger partial charge in [-0.15, -0.1) is 0 Å². The van der Waals surface area contributed by atoms with Gasteiger partial charge in [0.25, 0.3) is 0 Å². The Balaban J connectivity index is 2.56. The van der Waals surface area contributed by atoms with Crippen LogP contribution in [-0.4, -0.2) is 16.5 Å². The van der Waals surface area contributed by atoms with E-state index in [1.165, 1.54) is 5.56 Å². The number of halogens is 1. The summed E-state index contributed by atoms with van der Waals surface area (Å²) < 4.78 is 1.07. The van der Waals surface area contributed by atoms with Crippen molar-refractivity contribution >= 4 is 21.7 Å². The Morgan fingerprint density at radius 2 is 1.89 bits per heavy atom. The molecule has 2 rings (SSSR count). The molecule has 0 spiro atoms. The number of nitrogens with zero attached hydrogens (tertiary/aromatic N) is 2. The molecule has 19 heavy (non-hydrogen) atoms. The maximum Gasteiger partial charge on any atom is 0.162 e. The van der Waals surface area contributed by atoms with Crippen LogP contribution < -0.4 is 5.32 Å². The van der Waals surface area contributed by atoms with Gasteiger partial charge in [-0.05, 0) is 51.5 Å². The van der Waals surface area contributed by atoms with Crippen LogP contribution in [0.1, 0.15) is 23.7 Å². The quantitative estimate of drug-likeness (QED) is 0.918. The maximum absolute atomic E-state index is 4.65. The van der Waals surface area contributed by atoms with Crippen LogP contribution in [0.3, 0.4) is 0 Å². The minimum atomic E-state index is 0.782. The van der Waals surface area contributed by atoms with Crippen LogP contribution in [0.4, 0.5) is 5.82 Å². The average molecular weight is 320 g/mol. The molecule has 0 amide bonds. The number of aryl methyl sites for hydroxylation is 2. The van der Waals surface area contributed by atoms with E-state index in [1.807, 2.05) is 19.9 Å². The maximum atomic E-state index is 4.65. The summed E-state index contributed by atoms with van der Waals surface area (Å²) in [6.45, 7) is 9.07. The van der Waals surface area contributed by atoms with Gasteiger partial charge in [0.1, 0.15) is 5.82 Å². The largest absolute Gasteiger partial charge is 0.370 e. The van der Waals surface area contributed by atoms with Crippen molar-refractivity contribution in [1.82, 2.24) is 9.97 Å². The molecule has 0 aliphatic carbocycles. The lowest BCUT2D eigenvalue weighted by atomic mass is 10.1. The van der Waals surface area contributed by atoms with E-state index in [1.54, 1.807) is 0 Å². The van der Waals surface area contributed by atoms with Crippen molar-refractivity contribution in [1.29, 1.82) is 0 Å². The minimum Gasteiger partial charge on any atom is -0.370 e. The topological polar surface area (TPSA) is 37.8 Å². The molecule has 0 bridgehead atoms. The van der Waals surface area contributed by atoms with Crippen LogP contribution in [-0.2, 0) is 0 Å². The van der Waals surface area contributed by atoms with Crippen LogP contribution in [0.15, 0.2) is 22.7 Å². The first-order valence-corrected chi connectivity index (χ1v) is 7.18. The second kappa shape index (κ2) is 5.70. The summed E-state index contributed by atoms with van der Waals surface area (Å²) in [5.41, 5.74) is 4.37. The molecule has 1 aromatic carbocycles. The fraction of sp³-hybridized carbons (Fsp3) is 0.333. The highest BCUT2D eigenvalue weighted by atomic mass is 79.9. The van der Waals surface area contributed by atoms with E-state index < -0.39 is 0 Å². The zero-order valence-electron chi connectivity index (χ0n) is 11.7. The summed E-state index contributed by atoms with van der Waals surface area (Å²) >= 11 is 3.48. The Bertz CT molecular complexity index is 609. The smallest absolute Gasteiger partial charge is 0.162 e. The molecule has 2 aromatic rings. The van der Waals surface area contributed by atoms with Gasteiger partial charge in [0.05, 0.1) is 0 Å².